The molecule has 0 heterocycles. The van der Waals surface area contributed by atoms with Gasteiger partial charge in [0.25, 0.3) is 5.78 Å². The van der Waals surface area contributed by atoms with Gasteiger partial charge in [0.05, 0.1) is 7.11 Å². The molecule has 1 aromatic rings. The summed E-state index contributed by atoms with van der Waals surface area (Å²) >= 11 is 0. The van der Waals surface area contributed by atoms with Crippen LogP contribution in [-0.2, 0) is 27.2 Å². The highest BCUT2D eigenvalue weighted by atomic mass is 16.5. The third-order valence-corrected chi connectivity index (χ3v) is 2.62. The molecule has 1 aromatic carbocycles. The number of ketones is 3. The Balaban J connectivity index is 2.47. The van der Waals surface area contributed by atoms with Crippen LogP contribution in [0, 0.1) is 0 Å². The van der Waals surface area contributed by atoms with Crippen LogP contribution in [0.3, 0.4) is 0 Å². The molecule has 1 aliphatic carbocycles. The maximum Gasteiger partial charge on any atom is 0.264 e. The molecule has 0 spiro atoms. The van der Waals surface area contributed by atoms with Gasteiger partial charge in [-0.1, -0.05) is 6.07 Å². The van der Waals surface area contributed by atoms with Crippen molar-refractivity contribution in [2.75, 3.05) is 7.11 Å². The number of ether oxygens (including phenoxy) is 1. The lowest BCUT2D eigenvalue weighted by Gasteiger charge is -2.06. The van der Waals surface area contributed by atoms with Crippen molar-refractivity contribution in [1.82, 2.24) is 0 Å². The van der Waals surface area contributed by atoms with Crippen LogP contribution >= 0.6 is 0 Å². The number of hydrogen-bond donors (Lipinski definition) is 0. The van der Waals surface area contributed by atoms with Gasteiger partial charge in [-0.3, -0.25) is 14.4 Å². The summed E-state index contributed by atoms with van der Waals surface area (Å²) in [6.45, 7) is 0. The standard InChI is InChI=1S/C12H10O4/c1-16-9-3-2-7-5-10(13)12(15)11(14)6-8(7)4-9/h2-4H,5-6H2,1H3. The first-order valence-electron chi connectivity index (χ1n) is 4.88. The first-order valence-corrected chi connectivity index (χ1v) is 4.88. The third-order valence-electron chi connectivity index (χ3n) is 2.62. The maximum atomic E-state index is 11.4. The van der Waals surface area contributed by atoms with E-state index in [9.17, 15) is 14.4 Å². The molecule has 0 saturated carbocycles. The molecule has 4 heteroatoms. The van der Waals surface area contributed by atoms with Gasteiger partial charge in [-0.05, 0) is 23.3 Å². The van der Waals surface area contributed by atoms with E-state index >= 15 is 0 Å². The van der Waals surface area contributed by atoms with E-state index in [1.165, 1.54) is 7.11 Å². The lowest BCUT2D eigenvalue weighted by molar-refractivity contribution is -0.143. The van der Waals surface area contributed by atoms with Gasteiger partial charge in [0, 0.05) is 12.8 Å². The Morgan fingerprint density at radius 3 is 2.25 bits per heavy atom. The summed E-state index contributed by atoms with van der Waals surface area (Å²) in [4.78, 5) is 34.0. The molecule has 0 bridgehead atoms. The van der Waals surface area contributed by atoms with Crippen molar-refractivity contribution in [2.45, 2.75) is 12.8 Å². The molecule has 0 amide bonds. The molecule has 0 saturated heterocycles. The fourth-order valence-corrected chi connectivity index (χ4v) is 1.73. The van der Waals surface area contributed by atoms with E-state index in [0.29, 0.717) is 11.3 Å². The molecule has 0 radical (unpaired) electrons. The molecular formula is C12H10O4. The lowest BCUT2D eigenvalue weighted by Crippen LogP contribution is -2.23. The smallest absolute Gasteiger partial charge is 0.264 e. The van der Waals surface area contributed by atoms with E-state index < -0.39 is 17.3 Å². The predicted octanol–water partition coefficient (Wildman–Crippen LogP) is 0.501. The van der Waals surface area contributed by atoms with Crippen LogP contribution in [0.4, 0.5) is 0 Å². The van der Waals surface area contributed by atoms with Crippen LogP contribution < -0.4 is 4.74 Å². The van der Waals surface area contributed by atoms with E-state index in [-0.39, 0.29) is 12.8 Å². The summed E-state index contributed by atoms with van der Waals surface area (Å²) < 4.78 is 5.03. The highest BCUT2D eigenvalue weighted by Gasteiger charge is 2.28. The molecular weight excluding hydrogens is 208 g/mol. The Morgan fingerprint density at radius 2 is 1.62 bits per heavy atom. The summed E-state index contributed by atoms with van der Waals surface area (Å²) in [6, 6.07) is 5.13. The topological polar surface area (TPSA) is 60.4 Å². The van der Waals surface area contributed by atoms with Crippen molar-refractivity contribution in [3.8, 4) is 5.75 Å². The van der Waals surface area contributed by atoms with Gasteiger partial charge < -0.3 is 4.74 Å². The van der Waals surface area contributed by atoms with E-state index in [1.54, 1.807) is 18.2 Å². The van der Waals surface area contributed by atoms with Crippen molar-refractivity contribution in [3.63, 3.8) is 0 Å². The fourth-order valence-electron chi connectivity index (χ4n) is 1.73. The second kappa shape index (κ2) is 3.89. The molecule has 0 unspecified atom stereocenters. The van der Waals surface area contributed by atoms with Gasteiger partial charge in [0.1, 0.15) is 5.75 Å². The highest BCUT2D eigenvalue weighted by molar-refractivity contribution is 6.64. The fraction of sp³-hybridized carbons (Fsp3) is 0.250. The quantitative estimate of drug-likeness (QED) is 0.508. The van der Waals surface area contributed by atoms with Crippen molar-refractivity contribution in [3.05, 3.63) is 29.3 Å². The minimum absolute atomic E-state index is 0.00387. The summed E-state index contributed by atoms with van der Waals surface area (Å²) in [6.07, 6.45) is -0.0129. The number of carbonyl (C=O) groups excluding carboxylic acids is 3. The Labute approximate surface area is 92.2 Å². The van der Waals surface area contributed by atoms with Crippen LogP contribution in [0.2, 0.25) is 0 Å². The number of carbonyl (C=O) groups is 3. The molecule has 0 fully saturated rings. The predicted molar refractivity (Wildman–Crippen MR) is 55.4 cm³/mol. The molecule has 82 valence electrons. The van der Waals surface area contributed by atoms with E-state index in [2.05, 4.69) is 0 Å². The summed E-state index contributed by atoms with van der Waals surface area (Å²) in [5.41, 5.74) is 1.42. The molecule has 0 atom stereocenters. The Morgan fingerprint density at radius 1 is 1.00 bits per heavy atom. The zero-order valence-corrected chi connectivity index (χ0v) is 8.78. The Hall–Kier alpha value is -1.97. The number of fused-ring (bicyclic) bond motifs is 1. The van der Waals surface area contributed by atoms with E-state index in [1.807, 2.05) is 0 Å². The van der Waals surface area contributed by atoms with Gasteiger partial charge in [0.15, 0.2) is 0 Å². The van der Waals surface area contributed by atoms with Crippen molar-refractivity contribution in [1.29, 1.82) is 0 Å². The molecule has 1 aliphatic rings. The van der Waals surface area contributed by atoms with Gasteiger partial charge in [-0.2, -0.15) is 0 Å². The minimum Gasteiger partial charge on any atom is -0.497 e. The normalized spacial score (nSPS) is 15.7. The van der Waals surface area contributed by atoms with Gasteiger partial charge in [0.2, 0.25) is 11.6 Å². The number of rotatable bonds is 1. The second-order valence-electron chi connectivity index (χ2n) is 3.66. The van der Waals surface area contributed by atoms with E-state index in [4.69, 9.17) is 4.74 Å². The monoisotopic (exact) mass is 218 g/mol. The van der Waals surface area contributed by atoms with E-state index in [0.717, 1.165) is 5.56 Å². The van der Waals surface area contributed by atoms with Crippen LogP contribution in [0.5, 0.6) is 5.75 Å². The number of benzene rings is 1. The zero-order chi connectivity index (χ0) is 11.7. The van der Waals surface area contributed by atoms with Crippen molar-refractivity contribution >= 4 is 17.3 Å². The summed E-state index contributed by atoms with van der Waals surface area (Å²) in [5.74, 6) is -1.55. The van der Waals surface area contributed by atoms with Crippen LogP contribution in [0.1, 0.15) is 11.1 Å². The third kappa shape index (κ3) is 1.74. The molecule has 0 N–H and O–H groups in total. The molecule has 0 aromatic heterocycles. The first kappa shape index (κ1) is 10.5. The number of hydrogen-bond acceptors (Lipinski definition) is 4. The Bertz CT molecular complexity index is 488. The number of Topliss-reactive ketones (excluding diaryl/α,β-unsaturated/α-hetero) is 3. The molecule has 16 heavy (non-hydrogen) atoms. The first-order chi connectivity index (χ1) is 7.61. The van der Waals surface area contributed by atoms with Crippen LogP contribution in [-0.4, -0.2) is 24.5 Å². The molecule has 2 rings (SSSR count). The Kier molecular flexibility index (Phi) is 2.56. The van der Waals surface area contributed by atoms with Gasteiger partial charge in [-0.15, -0.1) is 0 Å². The largest absolute Gasteiger partial charge is 0.497 e. The summed E-state index contributed by atoms with van der Waals surface area (Å²) in [7, 11) is 1.52. The average molecular weight is 218 g/mol. The number of methoxy groups -OCH3 is 1. The van der Waals surface area contributed by atoms with Gasteiger partial charge in [-0.25, -0.2) is 0 Å². The highest BCUT2D eigenvalue weighted by Crippen LogP contribution is 2.21. The SMILES string of the molecule is COc1ccc2c(c1)CC(=O)C(=O)C(=O)C2. The zero-order valence-electron chi connectivity index (χ0n) is 8.78. The van der Waals surface area contributed by atoms with Crippen LogP contribution in [0.15, 0.2) is 18.2 Å². The maximum absolute atomic E-state index is 11.4. The van der Waals surface area contributed by atoms with Crippen molar-refractivity contribution in [2.24, 2.45) is 0 Å². The van der Waals surface area contributed by atoms with Gasteiger partial charge >= 0.3 is 0 Å². The van der Waals surface area contributed by atoms with Crippen molar-refractivity contribution < 1.29 is 19.1 Å². The second-order valence-corrected chi connectivity index (χ2v) is 3.66. The summed E-state index contributed by atoms with van der Waals surface area (Å²) in [5, 5.41) is 0. The average Bonchev–Trinajstić information content (AvgIpc) is 2.38. The minimum atomic E-state index is -0.893. The lowest BCUT2D eigenvalue weighted by atomic mass is 10.0. The molecule has 4 nitrogen and oxygen atoms in total. The van der Waals surface area contributed by atoms with Crippen LogP contribution in [0.25, 0.3) is 0 Å². The molecule has 0 aliphatic heterocycles.